The number of hydrogen-bond donors (Lipinski definition) is 0. The second-order valence-electron chi connectivity index (χ2n) is 4.81. The number of aryl methyl sites for hydroxylation is 1. The van der Waals surface area contributed by atoms with Crippen LogP contribution in [0.3, 0.4) is 0 Å². The van der Waals surface area contributed by atoms with Gasteiger partial charge in [-0.15, -0.1) is 0 Å². The van der Waals surface area contributed by atoms with Crippen LogP contribution in [-0.2, 0) is 6.54 Å². The first kappa shape index (κ1) is 12.6. The Balaban J connectivity index is 2.14. The Morgan fingerprint density at radius 3 is 2.44 bits per heavy atom. The molecule has 0 amide bonds. The molecular formula is C16H20NO+. The standard InChI is InChI=1S/C16H20NO/c1-13(2)18-16-8-7-15(11-14(16)3)12-17-9-5-4-6-10-17/h4-11,13H,12H2,1-3H3/q+1. The van der Waals surface area contributed by atoms with Gasteiger partial charge in [-0.2, -0.15) is 0 Å². The number of benzene rings is 1. The Bertz CT molecular complexity index is 506. The van der Waals surface area contributed by atoms with Gasteiger partial charge in [0.05, 0.1) is 6.10 Å². The predicted octanol–water partition coefficient (Wildman–Crippen LogP) is 3.12. The van der Waals surface area contributed by atoms with Gasteiger partial charge in [0.25, 0.3) is 0 Å². The minimum atomic E-state index is 0.220. The third-order valence-corrected chi connectivity index (χ3v) is 2.74. The highest BCUT2D eigenvalue weighted by Crippen LogP contribution is 2.20. The zero-order valence-electron chi connectivity index (χ0n) is 11.3. The minimum Gasteiger partial charge on any atom is -0.491 e. The molecule has 0 saturated carbocycles. The average Bonchev–Trinajstić information content (AvgIpc) is 2.33. The Morgan fingerprint density at radius 1 is 1.11 bits per heavy atom. The van der Waals surface area contributed by atoms with Crippen LogP contribution in [0.5, 0.6) is 5.75 Å². The number of pyridine rings is 1. The maximum absolute atomic E-state index is 5.74. The zero-order valence-corrected chi connectivity index (χ0v) is 11.3. The molecule has 0 fully saturated rings. The second-order valence-corrected chi connectivity index (χ2v) is 4.81. The molecule has 0 aliphatic carbocycles. The van der Waals surface area contributed by atoms with Gasteiger partial charge in [-0.25, -0.2) is 4.57 Å². The van der Waals surface area contributed by atoms with Crippen LogP contribution in [0.15, 0.2) is 48.8 Å². The quantitative estimate of drug-likeness (QED) is 0.751. The van der Waals surface area contributed by atoms with Crippen LogP contribution < -0.4 is 9.30 Å². The summed E-state index contributed by atoms with van der Waals surface area (Å²) in [6.07, 6.45) is 4.37. The maximum atomic E-state index is 5.74. The lowest BCUT2D eigenvalue weighted by molar-refractivity contribution is -0.688. The number of nitrogens with zero attached hydrogens (tertiary/aromatic N) is 1. The van der Waals surface area contributed by atoms with Crippen LogP contribution in [-0.4, -0.2) is 6.10 Å². The van der Waals surface area contributed by atoms with E-state index in [4.69, 9.17) is 4.74 Å². The summed E-state index contributed by atoms with van der Waals surface area (Å²) in [6.45, 7) is 7.08. The fourth-order valence-corrected chi connectivity index (χ4v) is 1.95. The van der Waals surface area contributed by atoms with Gasteiger partial charge < -0.3 is 4.74 Å². The molecular weight excluding hydrogens is 222 g/mol. The molecule has 0 spiro atoms. The summed E-state index contributed by atoms with van der Waals surface area (Å²) in [7, 11) is 0. The summed E-state index contributed by atoms with van der Waals surface area (Å²) in [5, 5.41) is 0. The molecule has 0 bridgehead atoms. The highest BCUT2D eigenvalue weighted by atomic mass is 16.5. The Hall–Kier alpha value is -1.83. The third kappa shape index (κ3) is 3.33. The lowest BCUT2D eigenvalue weighted by Gasteiger charge is -2.12. The van der Waals surface area contributed by atoms with Crippen LogP contribution in [0.2, 0.25) is 0 Å². The van der Waals surface area contributed by atoms with Crippen LogP contribution in [0.4, 0.5) is 0 Å². The van der Waals surface area contributed by atoms with Gasteiger partial charge in [0.15, 0.2) is 18.9 Å². The summed E-state index contributed by atoms with van der Waals surface area (Å²) < 4.78 is 7.91. The smallest absolute Gasteiger partial charge is 0.173 e. The number of aromatic nitrogens is 1. The van der Waals surface area contributed by atoms with Crippen LogP contribution in [0.25, 0.3) is 0 Å². The highest BCUT2D eigenvalue weighted by molar-refractivity contribution is 5.36. The lowest BCUT2D eigenvalue weighted by Crippen LogP contribution is -2.32. The molecule has 94 valence electrons. The van der Waals surface area contributed by atoms with Gasteiger partial charge in [-0.05, 0) is 44.5 Å². The molecule has 18 heavy (non-hydrogen) atoms. The summed E-state index contributed by atoms with van der Waals surface area (Å²) in [5.41, 5.74) is 2.48. The van der Waals surface area contributed by atoms with Gasteiger partial charge in [-0.3, -0.25) is 0 Å². The Morgan fingerprint density at radius 2 is 1.83 bits per heavy atom. The van der Waals surface area contributed by atoms with Crippen molar-refractivity contribution in [2.75, 3.05) is 0 Å². The van der Waals surface area contributed by atoms with E-state index in [1.54, 1.807) is 0 Å². The van der Waals surface area contributed by atoms with Crippen molar-refractivity contribution < 1.29 is 9.30 Å². The summed E-state index contributed by atoms with van der Waals surface area (Å²) in [4.78, 5) is 0. The van der Waals surface area contributed by atoms with Crippen molar-refractivity contribution in [2.24, 2.45) is 0 Å². The fraction of sp³-hybridized carbons (Fsp3) is 0.312. The molecule has 0 aliphatic heterocycles. The maximum Gasteiger partial charge on any atom is 0.173 e. The number of hydrogen-bond acceptors (Lipinski definition) is 1. The van der Waals surface area contributed by atoms with E-state index in [1.165, 1.54) is 11.1 Å². The van der Waals surface area contributed by atoms with Crippen molar-refractivity contribution >= 4 is 0 Å². The molecule has 0 radical (unpaired) electrons. The van der Waals surface area contributed by atoms with Gasteiger partial charge >= 0.3 is 0 Å². The topological polar surface area (TPSA) is 13.1 Å². The van der Waals surface area contributed by atoms with E-state index in [2.05, 4.69) is 42.1 Å². The highest BCUT2D eigenvalue weighted by Gasteiger charge is 2.06. The molecule has 1 aromatic carbocycles. The first-order chi connectivity index (χ1) is 8.65. The largest absolute Gasteiger partial charge is 0.491 e. The zero-order chi connectivity index (χ0) is 13.0. The number of ether oxygens (including phenoxy) is 1. The molecule has 2 rings (SSSR count). The molecule has 0 aliphatic rings. The normalized spacial score (nSPS) is 10.7. The lowest BCUT2D eigenvalue weighted by atomic mass is 10.1. The van der Waals surface area contributed by atoms with Crippen LogP contribution >= 0.6 is 0 Å². The van der Waals surface area contributed by atoms with Gasteiger partial charge in [0, 0.05) is 17.7 Å². The van der Waals surface area contributed by atoms with Crippen molar-refractivity contribution in [3.63, 3.8) is 0 Å². The van der Waals surface area contributed by atoms with E-state index in [1.807, 2.05) is 32.0 Å². The Kier molecular flexibility index (Phi) is 3.98. The first-order valence-corrected chi connectivity index (χ1v) is 6.35. The molecule has 0 saturated heterocycles. The first-order valence-electron chi connectivity index (χ1n) is 6.35. The van der Waals surface area contributed by atoms with Crippen molar-refractivity contribution in [2.45, 2.75) is 33.4 Å². The van der Waals surface area contributed by atoms with Gasteiger partial charge in [0.1, 0.15) is 5.75 Å². The molecule has 0 unspecified atom stereocenters. The van der Waals surface area contributed by atoms with Crippen molar-refractivity contribution in [1.82, 2.24) is 0 Å². The average molecular weight is 242 g/mol. The molecule has 1 heterocycles. The van der Waals surface area contributed by atoms with Crippen molar-refractivity contribution in [3.05, 3.63) is 59.9 Å². The predicted molar refractivity (Wildman–Crippen MR) is 72.7 cm³/mol. The van der Waals surface area contributed by atoms with E-state index in [0.717, 1.165) is 12.3 Å². The summed E-state index contributed by atoms with van der Waals surface area (Å²) >= 11 is 0. The second kappa shape index (κ2) is 5.67. The summed E-state index contributed by atoms with van der Waals surface area (Å²) in [6, 6.07) is 12.5. The molecule has 2 nitrogen and oxygen atoms in total. The summed E-state index contributed by atoms with van der Waals surface area (Å²) in [5.74, 6) is 0.979. The SMILES string of the molecule is Cc1cc(C[n+]2ccccc2)ccc1OC(C)C. The van der Waals surface area contributed by atoms with E-state index >= 15 is 0 Å². The van der Waals surface area contributed by atoms with E-state index in [9.17, 15) is 0 Å². The molecule has 1 aromatic heterocycles. The fourth-order valence-electron chi connectivity index (χ4n) is 1.95. The van der Waals surface area contributed by atoms with Crippen molar-refractivity contribution in [3.8, 4) is 5.75 Å². The number of rotatable bonds is 4. The molecule has 2 heteroatoms. The monoisotopic (exact) mass is 242 g/mol. The third-order valence-electron chi connectivity index (χ3n) is 2.74. The van der Waals surface area contributed by atoms with Gasteiger partial charge in [0.2, 0.25) is 0 Å². The van der Waals surface area contributed by atoms with E-state index in [-0.39, 0.29) is 6.10 Å². The van der Waals surface area contributed by atoms with Crippen LogP contribution in [0.1, 0.15) is 25.0 Å². The molecule has 0 atom stereocenters. The molecule has 2 aromatic rings. The van der Waals surface area contributed by atoms with E-state index in [0.29, 0.717) is 0 Å². The van der Waals surface area contributed by atoms with Crippen LogP contribution in [0, 0.1) is 6.92 Å². The minimum absolute atomic E-state index is 0.220. The molecule has 0 N–H and O–H groups in total. The van der Waals surface area contributed by atoms with E-state index < -0.39 is 0 Å². The Labute approximate surface area is 109 Å². The van der Waals surface area contributed by atoms with Gasteiger partial charge in [-0.1, -0.05) is 6.07 Å². The van der Waals surface area contributed by atoms with Crippen molar-refractivity contribution in [1.29, 1.82) is 0 Å².